The van der Waals surface area contributed by atoms with Gasteiger partial charge in [0.15, 0.2) is 0 Å². The van der Waals surface area contributed by atoms with Crippen molar-refractivity contribution in [1.82, 2.24) is 5.32 Å². The largest absolute Gasteiger partial charge is 0.497 e. The molecule has 1 fully saturated rings. The van der Waals surface area contributed by atoms with E-state index in [1.165, 1.54) is 7.11 Å². The fourth-order valence-electron chi connectivity index (χ4n) is 2.20. The van der Waals surface area contributed by atoms with E-state index in [1.807, 2.05) is 25.1 Å². The number of thioether (sulfide) groups is 1. The van der Waals surface area contributed by atoms with Gasteiger partial charge in [0.05, 0.1) is 14.2 Å². The molecule has 116 valence electrons. The van der Waals surface area contributed by atoms with E-state index >= 15 is 0 Å². The van der Waals surface area contributed by atoms with Gasteiger partial charge in [0, 0.05) is 16.7 Å². The molecule has 0 heterocycles. The predicted octanol–water partition coefficient (Wildman–Crippen LogP) is 2.86. The third-order valence-corrected chi connectivity index (χ3v) is 4.64. The Balaban J connectivity index is 1.90. The van der Waals surface area contributed by atoms with E-state index in [1.54, 1.807) is 18.9 Å². The maximum absolute atomic E-state index is 12.0. The molecule has 4 nitrogen and oxygen atoms in total. The summed E-state index contributed by atoms with van der Waals surface area (Å²) in [4.78, 5) is 13.2. The number of methoxy groups -OCH3 is 2. The van der Waals surface area contributed by atoms with Crippen LogP contribution in [0.5, 0.6) is 5.75 Å². The van der Waals surface area contributed by atoms with Crippen LogP contribution < -0.4 is 10.1 Å². The molecule has 1 atom stereocenters. The minimum absolute atomic E-state index is 0.180. The lowest BCUT2D eigenvalue weighted by molar-refractivity contribution is -0.148. The first-order chi connectivity index (χ1) is 10.1. The van der Waals surface area contributed by atoms with Crippen molar-refractivity contribution in [3.05, 3.63) is 24.3 Å². The highest BCUT2D eigenvalue weighted by atomic mass is 32.2. The molecule has 0 spiro atoms. The Hall–Kier alpha value is -1.20. The summed E-state index contributed by atoms with van der Waals surface area (Å²) in [6.07, 6.45) is 3.03. The second-order valence-electron chi connectivity index (χ2n) is 5.52. The Morgan fingerprint density at radius 2 is 2.19 bits per heavy atom. The first-order valence-corrected chi connectivity index (χ1v) is 8.19. The van der Waals surface area contributed by atoms with Crippen molar-refractivity contribution in [3.8, 4) is 5.75 Å². The SMILES string of the molecule is COC(=O)C(C)(CCSc1cccc(OC)c1)NC1CC1. The number of esters is 1. The van der Waals surface area contributed by atoms with Crippen LogP contribution in [0.1, 0.15) is 26.2 Å². The summed E-state index contributed by atoms with van der Waals surface area (Å²) in [5, 5.41) is 3.41. The van der Waals surface area contributed by atoms with Crippen molar-refractivity contribution < 1.29 is 14.3 Å². The average molecular weight is 309 g/mol. The van der Waals surface area contributed by atoms with Crippen LogP contribution >= 0.6 is 11.8 Å². The summed E-state index contributed by atoms with van der Waals surface area (Å²) in [6.45, 7) is 1.93. The lowest BCUT2D eigenvalue weighted by Gasteiger charge is -2.28. The van der Waals surface area contributed by atoms with Gasteiger partial charge in [-0.3, -0.25) is 10.1 Å². The lowest BCUT2D eigenvalue weighted by atomic mass is 9.99. The normalized spacial score (nSPS) is 17.1. The zero-order valence-electron chi connectivity index (χ0n) is 12.8. The molecule has 1 saturated carbocycles. The summed E-state index contributed by atoms with van der Waals surface area (Å²) >= 11 is 1.72. The topological polar surface area (TPSA) is 47.6 Å². The fourth-order valence-corrected chi connectivity index (χ4v) is 3.32. The highest BCUT2D eigenvalue weighted by Crippen LogP contribution is 2.28. The molecule has 0 aromatic heterocycles. The highest BCUT2D eigenvalue weighted by molar-refractivity contribution is 7.99. The molecule has 0 saturated heterocycles. The number of benzene rings is 1. The third-order valence-electron chi connectivity index (χ3n) is 3.65. The van der Waals surface area contributed by atoms with Crippen molar-refractivity contribution in [2.24, 2.45) is 0 Å². The Kier molecular flexibility index (Phi) is 5.53. The molecule has 1 aromatic rings. The van der Waals surface area contributed by atoms with Gasteiger partial charge >= 0.3 is 5.97 Å². The van der Waals surface area contributed by atoms with Gasteiger partial charge in [-0.25, -0.2) is 0 Å². The molecule has 1 aromatic carbocycles. The van der Waals surface area contributed by atoms with E-state index < -0.39 is 5.54 Å². The summed E-state index contributed by atoms with van der Waals surface area (Å²) < 4.78 is 10.2. The van der Waals surface area contributed by atoms with Crippen LogP contribution in [0, 0.1) is 0 Å². The van der Waals surface area contributed by atoms with E-state index in [0.717, 1.165) is 35.7 Å². The molecule has 2 rings (SSSR count). The number of rotatable bonds is 8. The second kappa shape index (κ2) is 7.18. The van der Waals surface area contributed by atoms with Gasteiger partial charge in [-0.15, -0.1) is 11.8 Å². The maximum Gasteiger partial charge on any atom is 0.325 e. The molecule has 1 aliphatic carbocycles. The van der Waals surface area contributed by atoms with Crippen LogP contribution in [0.3, 0.4) is 0 Å². The van der Waals surface area contributed by atoms with Crippen molar-refractivity contribution in [2.75, 3.05) is 20.0 Å². The van der Waals surface area contributed by atoms with Crippen molar-refractivity contribution in [3.63, 3.8) is 0 Å². The molecule has 1 aliphatic rings. The number of hydrogen-bond acceptors (Lipinski definition) is 5. The Morgan fingerprint density at radius 3 is 2.81 bits per heavy atom. The van der Waals surface area contributed by atoms with Gasteiger partial charge in [-0.05, 0) is 44.4 Å². The fraction of sp³-hybridized carbons (Fsp3) is 0.562. The molecular weight excluding hydrogens is 286 g/mol. The highest BCUT2D eigenvalue weighted by Gasteiger charge is 2.38. The first-order valence-electron chi connectivity index (χ1n) is 7.20. The lowest BCUT2D eigenvalue weighted by Crippen LogP contribution is -2.51. The zero-order chi connectivity index (χ0) is 15.3. The standard InChI is InChI=1S/C16H23NO3S/c1-16(15(18)20-3,17-12-7-8-12)9-10-21-14-6-4-5-13(11-14)19-2/h4-6,11-12,17H,7-10H2,1-3H3. The van der Waals surface area contributed by atoms with E-state index in [2.05, 4.69) is 11.4 Å². The van der Waals surface area contributed by atoms with Gasteiger partial charge in [-0.2, -0.15) is 0 Å². The number of ether oxygens (including phenoxy) is 2. The second-order valence-corrected chi connectivity index (χ2v) is 6.69. The van der Waals surface area contributed by atoms with Crippen molar-refractivity contribution in [1.29, 1.82) is 0 Å². The number of hydrogen-bond donors (Lipinski definition) is 1. The third kappa shape index (κ3) is 4.64. The van der Waals surface area contributed by atoms with Gasteiger partial charge in [-0.1, -0.05) is 6.07 Å². The molecule has 1 N–H and O–H groups in total. The number of carbonyl (C=O) groups is 1. The molecule has 1 unspecified atom stereocenters. The van der Waals surface area contributed by atoms with Crippen LogP contribution in [0.15, 0.2) is 29.2 Å². The van der Waals surface area contributed by atoms with E-state index in [-0.39, 0.29) is 5.97 Å². The molecular formula is C16H23NO3S. The summed E-state index contributed by atoms with van der Waals surface area (Å²) in [7, 11) is 3.11. The van der Waals surface area contributed by atoms with E-state index in [0.29, 0.717) is 6.04 Å². The quantitative estimate of drug-likeness (QED) is 0.591. The predicted molar refractivity (Wildman–Crippen MR) is 84.9 cm³/mol. The van der Waals surface area contributed by atoms with Crippen LogP contribution in [-0.2, 0) is 9.53 Å². The Bertz CT molecular complexity index is 490. The van der Waals surface area contributed by atoms with E-state index in [4.69, 9.17) is 9.47 Å². The molecule has 0 amide bonds. The minimum Gasteiger partial charge on any atom is -0.497 e. The smallest absolute Gasteiger partial charge is 0.325 e. The molecule has 0 radical (unpaired) electrons. The summed E-state index contributed by atoms with van der Waals surface area (Å²) in [6, 6.07) is 8.43. The van der Waals surface area contributed by atoms with Crippen LogP contribution in [0.25, 0.3) is 0 Å². The Labute approximate surface area is 130 Å². The number of nitrogens with one attached hydrogen (secondary N) is 1. The minimum atomic E-state index is -0.595. The van der Waals surface area contributed by atoms with Gasteiger partial charge in [0.2, 0.25) is 0 Å². The maximum atomic E-state index is 12.0. The molecule has 5 heteroatoms. The molecule has 21 heavy (non-hydrogen) atoms. The summed E-state index contributed by atoms with van der Waals surface area (Å²) in [5.41, 5.74) is -0.595. The van der Waals surface area contributed by atoms with Crippen molar-refractivity contribution in [2.45, 2.75) is 42.7 Å². The zero-order valence-corrected chi connectivity index (χ0v) is 13.7. The first kappa shape index (κ1) is 16.2. The average Bonchev–Trinajstić information content (AvgIpc) is 3.30. The van der Waals surface area contributed by atoms with Crippen LogP contribution in [0.2, 0.25) is 0 Å². The van der Waals surface area contributed by atoms with Gasteiger partial charge < -0.3 is 9.47 Å². The Morgan fingerprint density at radius 1 is 1.43 bits per heavy atom. The monoisotopic (exact) mass is 309 g/mol. The van der Waals surface area contributed by atoms with E-state index in [9.17, 15) is 4.79 Å². The van der Waals surface area contributed by atoms with Gasteiger partial charge in [0.25, 0.3) is 0 Å². The van der Waals surface area contributed by atoms with Gasteiger partial charge in [0.1, 0.15) is 11.3 Å². The van der Waals surface area contributed by atoms with Crippen LogP contribution in [-0.4, -0.2) is 37.5 Å². The summed E-state index contributed by atoms with van der Waals surface area (Å²) in [5.74, 6) is 1.52. The molecule has 0 bridgehead atoms. The van der Waals surface area contributed by atoms with Crippen molar-refractivity contribution >= 4 is 17.7 Å². The van der Waals surface area contributed by atoms with Crippen LogP contribution in [0.4, 0.5) is 0 Å². The molecule has 0 aliphatic heterocycles. The number of carbonyl (C=O) groups excluding carboxylic acids is 1.